The molecule has 0 aromatic carbocycles. The van der Waals surface area contributed by atoms with Crippen LogP contribution < -0.4 is 5.32 Å². The zero-order chi connectivity index (χ0) is 13.7. The third-order valence-corrected chi connectivity index (χ3v) is 3.13. The molecule has 0 amide bonds. The molecule has 0 saturated heterocycles. The molecular formula is C14H23N5. The van der Waals surface area contributed by atoms with Crippen molar-refractivity contribution in [2.75, 3.05) is 6.54 Å². The van der Waals surface area contributed by atoms with Crippen LogP contribution in [0.1, 0.15) is 25.5 Å². The van der Waals surface area contributed by atoms with Gasteiger partial charge in [0.2, 0.25) is 0 Å². The van der Waals surface area contributed by atoms with E-state index in [1.165, 1.54) is 0 Å². The first-order valence-electron chi connectivity index (χ1n) is 6.83. The van der Waals surface area contributed by atoms with Crippen molar-refractivity contribution in [1.82, 2.24) is 24.4 Å². The maximum absolute atomic E-state index is 4.41. The van der Waals surface area contributed by atoms with E-state index in [2.05, 4.69) is 38.3 Å². The number of hydrogen-bond acceptors (Lipinski definition) is 3. The molecule has 0 fully saturated rings. The van der Waals surface area contributed by atoms with Gasteiger partial charge in [0.25, 0.3) is 0 Å². The monoisotopic (exact) mass is 261 g/mol. The summed E-state index contributed by atoms with van der Waals surface area (Å²) in [5, 5.41) is 3.43. The van der Waals surface area contributed by atoms with E-state index in [1.54, 1.807) is 0 Å². The van der Waals surface area contributed by atoms with E-state index in [0.717, 1.165) is 37.7 Å². The van der Waals surface area contributed by atoms with Crippen LogP contribution >= 0.6 is 0 Å². The van der Waals surface area contributed by atoms with Gasteiger partial charge in [-0.05, 0) is 12.5 Å². The Morgan fingerprint density at radius 1 is 1.16 bits per heavy atom. The summed E-state index contributed by atoms with van der Waals surface area (Å²) in [5.74, 6) is 2.86. The molecule has 0 unspecified atom stereocenters. The minimum Gasteiger partial charge on any atom is -0.338 e. The molecule has 0 spiro atoms. The number of hydrogen-bond donors (Lipinski definition) is 1. The standard InChI is InChI=1S/C14H23N5/c1-12(2)10-15-11-14-17-6-9-19(14)7-4-13-16-5-8-18(13)3/h5-6,8-9,12,15H,4,7,10-11H2,1-3H3. The first-order chi connectivity index (χ1) is 9.16. The van der Waals surface area contributed by atoms with Gasteiger partial charge in [0.1, 0.15) is 11.6 Å². The minimum absolute atomic E-state index is 0.663. The Morgan fingerprint density at radius 2 is 1.89 bits per heavy atom. The third-order valence-electron chi connectivity index (χ3n) is 3.13. The predicted molar refractivity (Wildman–Crippen MR) is 75.7 cm³/mol. The number of aromatic nitrogens is 4. The second kappa shape index (κ2) is 6.52. The molecule has 2 aromatic heterocycles. The summed E-state index contributed by atoms with van der Waals surface area (Å²) in [5.41, 5.74) is 0. The maximum Gasteiger partial charge on any atom is 0.122 e. The lowest BCUT2D eigenvalue weighted by atomic mass is 10.2. The van der Waals surface area contributed by atoms with E-state index < -0.39 is 0 Å². The van der Waals surface area contributed by atoms with Gasteiger partial charge in [-0.1, -0.05) is 13.8 Å². The fourth-order valence-electron chi connectivity index (χ4n) is 2.04. The molecule has 0 saturated carbocycles. The van der Waals surface area contributed by atoms with Crippen LogP contribution in [0, 0.1) is 5.92 Å². The van der Waals surface area contributed by atoms with Crippen LogP contribution in [0.3, 0.4) is 0 Å². The fraction of sp³-hybridized carbons (Fsp3) is 0.571. The average molecular weight is 261 g/mol. The molecule has 0 bridgehead atoms. The predicted octanol–water partition coefficient (Wildman–Crippen LogP) is 1.60. The van der Waals surface area contributed by atoms with Crippen LogP contribution in [0.25, 0.3) is 0 Å². The second-order valence-electron chi connectivity index (χ2n) is 5.27. The van der Waals surface area contributed by atoms with Crippen molar-refractivity contribution in [3.63, 3.8) is 0 Å². The SMILES string of the molecule is CC(C)CNCc1nccn1CCc1nccn1C. The zero-order valence-corrected chi connectivity index (χ0v) is 12.0. The largest absolute Gasteiger partial charge is 0.338 e. The molecule has 1 N–H and O–H groups in total. The number of aryl methyl sites for hydroxylation is 3. The Bertz CT molecular complexity index is 497. The van der Waals surface area contributed by atoms with Gasteiger partial charge in [-0.15, -0.1) is 0 Å². The van der Waals surface area contributed by atoms with Gasteiger partial charge in [-0.25, -0.2) is 9.97 Å². The van der Waals surface area contributed by atoms with E-state index in [0.29, 0.717) is 5.92 Å². The van der Waals surface area contributed by atoms with Crippen molar-refractivity contribution in [1.29, 1.82) is 0 Å². The quantitative estimate of drug-likeness (QED) is 0.823. The lowest BCUT2D eigenvalue weighted by Crippen LogP contribution is -2.21. The van der Waals surface area contributed by atoms with Crippen molar-refractivity contribution >= 4 is 0 Å². The molecule has 0 aliphatic heterocycles. The van der Waals surface area contributed by atoms with Crippen molar-refractivity contribution in [3.8, 4) is 0 Å². The van der Waals surface area contributed by atoms with Gasteiger partial charge in [0, 0.05) is 44.8 Å². The van der Waals surface area contributed by atoms with Crippen molar-refractivity contribution < 1.29 is 0 Å². The van der Waals surface area contributed by atoms with E-state index in [9.17, 15) is 0 Å². The number of nitrogens with one attached hydrogen (secondary N) is 1. The molecule has 0 radical (unpaired) electrons. The van der Waals surface area contributed by atoms with Crippen LogP contribution in [-0.4, -0.2) is 25.6 Å². The van der Waals surface area contributed by atoms with E-state index in [4.69, 9.17) is 0 Å². The summed E-state index contributed by atoms with van der Waals surface area (Å²) in [6.07, 6.45) is 8.65. The number of imidazole rings is 2. The van der Waals surface area contributed by atoms with Crippen LogP contribution in [0.2, 0.25) is 0 Å². The first-order valence-corrected chi connectivity index (χ1v) is 6.83. The van der Waals surface area contributed by atoms with E-state index in [-0.39, 0.29) is 0 Å². The van der Waals surface area contributed by atoms with Gasteiger partial charge in [0.15, 0.2) is 0 Å². The first kappa shape index (κ1) is 13.8. The van der Waals surface area contributed by atoms with Gasteiger partial charge in [0.05, 0.1) is 6.54 Å². The molecule has 0 aliphatic carbocycles. The molecule has 0 atom stereocenters. The summed E-state index contributed by atoms with van der Waals surface area (Å²) < 4.78 is 4.26. The van der Waals surface area contributed by atoms with Crippen LogP contribution in [0.15, 0.2) is 24.8 Å². The maximum atomic E-state index is 4.41. The lowest BCUT2D eigenvalue weighted by molar-refractivity contribution is 0.524. The molecule has 0 aliphatic rings. The normalized spacial score (nSPS) is 11.4. The minimum atomic E-state index is 0.663. The number of nitrogens with zero attached hydrogens (tertiary/aromatic N) is 4. The van der Waals surface area contributed by atoms with Crippen LogP contribution in [-0.2, 0) is 26.6 Å². The van der Waals surface area contributed by atoms with Crippen LogP contribution in [0.5, 0.6) is 0 Å². The smallest absolute Gasteiger partial charge is 0.122 e. The molecule has 2 rings (SSSR count). The highest BCUT2D eigenvalue weighted by Crippen LogP contribution is 2.02. The molecule has 19 heavy (non-hydrogen) atoms. The van der Waals surface area contributed by atoms with Crippen molar-refractivity contribution in [2.24, 2.45) is 13.0 Å². The van der Waals surface area contributed by atoms with E-state index in [1.807, 2.05) is 31.8 Å². The Balaban J connectivity index is 1.87. The van der Waals surface area contributed by atoms with Crippen molar-refractivity contribution in [2.45, 2.75) is 33.4 Å². The topological polar surface area (TPSA) is 47.7 Å². The lowest BCUT2D eigenvalue weighted by Gasteiger charge is -2.10. The van der Waals surface area contributed by atoms with Crippen LogP contribution in [0.4, 0.5) is 0 Å². The Morgan fingerprint density at radius 3 is 2.58 bits per heavy atom. The number of rotatable bonds is 7. The molecule has 2 heterocycles. The summed E-state index contributed by atoms with van der Waals surface area (Å²) in [7, 11) is 2.03. The van der Waals surface area contributed by atoms with Crippen molar-refractivity contribution in [3.05, 3.63) is 36.4 Å². The van der Waals surface area contributed by atoms with Gasteiger partial charge in [-0.2, -0.15) is 0 Å². The Labute approximate surface area is 114 Å². The van der Waals surface area contributed by atoms with Gasteiger partial charge < -0.3 is 14.5 Å². The molecule has 5 heteroatoms. The summed E-state index contributed by atoms with van der Waals surface area (Å²) in [6, 6.07) is 0. The summed E-state index contributed by atoms with van der Waals surface area (Å²) in [4.78, 5) is 8.75. The highest BCUT2D eigenvalue weighted by atomic mass is 15.1. The molecular weight excluding hydrogens is 238 g/mol. The third kappa shape index (κ3) is 3.92. The highest BCUT2D eigenvalue weighted by Gasteiger charge is 2.05. The van der Waals surface area contributed by atoms with Gasteiger partial charge in [-0.3, -0.25) is 0 Å². The Hall–Kier alpha value is -1.62. The molecule has 104 valence electrons. The average Bonchev–Trinajstić information content (AvgIpc) is 2.95. The summed E-state index contributed by atoms with van der Waals surface area (Å²) in [6.45, 7) is 7.18. The van der Waals surface area contributed by atoms with E-state index >= 15 is 0 Å². The second-order valence-corrected chi connectivity index (χ2v) is 5.27. The highest BCUT2D eigenvalue weighted by molar-refractivity contribution is 4.95. The molecule has 2 aromatic rings. The van der Waals surface area contributed by atoms with Gasteiger partial charge >= 0.3 is 0 Å². The Kier molecular flexibility index (Phi) is 4.74. The summed E-state index contributed by atoms with van der Waals surface area (Å²) >= 11 is 0. The fourth-order valence-corrected chi connectivity index (χ4v) is 2.04. The zero-order valence-electron chi connectivity index (χ0n) is 12.0. The molecule has 5 nitrogen and oxygen atoms in total.